The van der Waals surface area contributed by atoms with Crippen molar-refractivity contribution in [3.05, 3.63) is 47.2 Å². The van der Waals surface area contributed by atoms with E-state index in [9.17, 15) is 0 Å². The SMILES string of the molecule is Cc1nn(C)c2c1CN[C@@H]1CN(Cc3ccccc3)CC[C@H]1O2. The van der Waals surface area contributed by atoms with Crippen LogP contribution in [0.15, 0.2) is 30.3 Å². The lowest BCUT2D eigenvalue weighted by Gasteiger charge is -2.37. The molecule has 5 heteroatoms. The predicted molar refractivity (Wildman–Crippen MR) is 89.3 cm³/mol. The van der Waals surface area contributed by atoms with E-state index in [1.165, 1.54) is 11.1 Å². The molecule has 1 N–H and O–H groups in total. The molecular weight excluding hydrogens is 288 g/mol. The maximum Gasteiger partial charge on any atom is 0.216 e. The number of rotatable bonds is 2. The van der Waals surface area contributed by atoms with Crippen molar-refractivity contribution in [2.45, 2.75) is 38.6 Å². The van der Waals surface area contributed by atoms with Crippen LogP contribution in [0.25, 0.3) is 0 Å². The fourth-order valence-corrected chi connectivity index (χ4v) is 3.73. The quantitative estimate of drug-likeness (QED) is 0.919. The van der Waals surface area contributed by atoms with Crippen LogP contribution in [0, 0.1) is 6.92 Å². The first-order valence-electron chi connectivity index (χ1n) is 8.39. The molecule has 1 saturated heterocycles. The molecule has 2 atom stereocenters. The van der Waals surface area contributed by atoms with Gasteiger partial charge in [-0.3, -0.25) is 4.90 Å². The van der Waals surface area contributed by atoms with Gasteiger partial charge in [0.05, 0.1) is 17.3 Å². The van der Waals surface area contributed by atoms with E-state index in [4.69, 9.17) is 4.74 Å². The third-order valence-corrected chi connectivity index (χ3v) is 4.98. The summed E-state index contributed by atoms with van der Waals surface area (Å²) in [6.45, 7) is 6.01. The first kappa shape index (κ1) is 14.7. The van der Waals surface area contributed by atoms with E-state index in [1.807, 2.05) is 11.7 Å². The second-order valence-electron chi connectivity index (χ2n) is 6.65. The average molecular weight is 312 g/mol. The third-order valence-electron chi connectivity index (χ3n) is 4.98. The van der Waals surface area contributed by atoms with Gasteiger partial charge < -0.3 is 10.1 Å². The van der Waals surface area contributed by atoms with Crippen molar-refractivity contribution in [3.63, 3.8) is 0 Å². The summed E-state index contributed by atoms with van der Waals surface area (Å²) in [7, 11) is 1.97. The topological polar surface area (TPSA) is 42.3 Å². The van der Waals surface area contributed by atoms with Gasteiger partial charge in [-0.1, -0.05) is 30.3 Å². The summed E-state index contributed by atoms with van der Waals surface area (Å²) in [5, 5.41) is 8.17. The monoisotopic (exact) mass is 312 g/mol. The van der Waals surface area contributed by atoms with Crippen LogP contribution in [0.1, 0.15) is 23.2 Å². The van der Waals surface area contributed by atoms with E-state index in [-0.39, 0.29) is 6.10 Å². The zero-order valence-corrected chi connectivity index (χ0v) is 13.8. The highest BCUT2D eigenvalue weighted by atomic mass is 16.5. The molecule has 0 bridgehead atoms. The summed E-state index contributed by atoms with van der Waals surface area (Å²) < 4.78 is 8.20. The lowest BCUT2D eigenvalue weighted by molar-refractivity contribution is 0.0611. The number of hydrogen-bond acceptors (Lipinski definition) is 4. The van der Waals surface area contributed by atoms with Crippen molar-refractivity contribution in [3.8, 4) is 5.88 Å². The Balaban J connectivity index is 1.46. The molecule has 3 heterocycles. The molecule has 122 valence electrons. The normalized spacial score (nSPS) is 24.4. The molecular formula is C18H24N4O. The van der Waals surface area contributed by atoms with Crippen LogP contribution < -0.4 is 10.1 Å². The molecule has 23 heavy (non-hydrogen) atoms. The second-order valence-corrected chi connectivity index (χ2v) is 6.65. The molecule has 2 aliphatic rings. The summed E-state index contributed by atoms with van der Waals surface area (Å²) >= 11 is 0. The number of piperidine rings is 1. The molecule has 4 rings (SSSR count). The lowest BCUT2D eigenvalue weighted by atomic mass is 10.0. The fraction of sp³-hybridized carbons (Fsp3) is 0.500. The van der Waals surface area contributed by atoms with Crippen LogP contribution in [0.3, 0.4) is 0 Å². The van der Waals surface area contributed by atoms with Crippen molar-refractivity contribution in [1.82, 2.24) is 20.0 Å². The molecule has 0 radical (unpaired) electrons. The minimum absolute atomic E-state index is 0.234. The van der Waals surface area contributed by atoms with E-state index in [0.717, 1.165) is 44.2 Å². The standard InChI is InChI=1S/C18H24N4O/c1-13-15-10-19-16-12-22(11-14-6-4-3-5-7-14)9-8-17(16)23-18(15)21(2)20-13/h3-7,16-17,19H,8-12H2,1-2H3/t16-,17-/m1/s1. The minimum atomic E-state index is 0.234. The van der Waals surface area contributed by atoms with Gasteiger partial charge >= 0.3 is 0 Å². The molecule has 0 saturated carbocycles. The Hall–Kier alpha value is -1.85. The number of aromatic nitrogens is 2. The summed E-state index contributed by atoms with van der Waals surface area (Å²) in [5.41, 5.74) is 3.65. The smallest absolute Gasteiger partial charge is 0.216 e. The second kappa shape index (κ2) is 5.98. The van der Waals surface area contributed by atoms with Gasteiger partial charge in [-0.05, 0) is 18.9 Å². The largest absolute Gasteiger partial charge is 0.473 e. The number of nitrogens with one attached hydrogen (secondary N) is 1. The van der Waals surface area contributed by atoms with E-state index in [2.05, 4.69) is 52.6 Å². The van der Waals surface area contributed by atoms with Crippen molar-refractivity contribution in [2.24, 2.45) is 7.05 Å². The van der Waals surface area contributed by atoms with Gasteiger partial charge in [0.15, 0.2) is 0 Å². The third kappa shape index (κ3) is 2.86. The Morgan fingerprint density at radius 1 is 1.30 bits per heavy atom. The Labute approximate surface area is 137 Å². The van der Waals surface area contributed by atoms with Gasteiger partial charge in [0, 0.05) is 33.2 Å². The summed E-state index contributed by atoms with van der Waals surface area (Å²) in [6, 6.07) is 11.1. The van der Waals surface area contributed by atoms with Crippen LogP contribution >= 0.6 is 0 Å². The molecule has 0 spiro atoms. The van der Waals surface area contributed by atoms with Crippen molar-refractivity contribution in [1.29, 1.82) is 0 Å². The number of likely N-dealkylation sites (tertiary alicyclic amines) is 1. The Morgan fingerprint density at radius 3 is 2.96 bits per heavy atom. The lowest BCUT2D eigenvalue weighted by Crippen LogP contribution is -2.54. The zero-order valence-electron chi connectivity index (χ0n) is 13.8. The van der Waals surface area contributed by atoms with E-state index in [0.29, 0.717) is 6.04 Å². The molecule has 2 aliphatic heterocycles. The molecule has 0 aliphatic carbocycles. The highest BCUT2D eigenvalue weighted by Gasteiger charge is 2.34. The Kier molecular flexibility index (Phi) is 3.83. The number of nitrogens with zero attached hydrogens (tertiary/aromatic N) is 3. The maximum absolute atomic E-state index is 6.32. The van der Waals surface area contributed by atoms with Gasteiger partial charge in [-0.25, -0.2) is 4.68 Å². The zero-order chi connectivity index (χ0) is 15.8. The summed E-state index contributed by atoms with van der Waals surface area (Å²) in [4.78, 5) is 2.52. The van der Waals surface area contributed by atoms with Crippen LogP contribution in [0.4, 0.5) is 0 Å². The summed E-state index contributed by atoms with van der Waals surface area (Å²) in [6.07, 6.45) is 1.28. The minimum Gasteiger partial charge on any atom is -0.473 e. The van der Waals surface area contributed by atoms with Crippen molar-refractivity contribution >= 4 is 0 Å². The number of ether oxygens (including phenoxy) is 1. The van der Waals surface area contributed by atoms with Gasteiger partial charge in [0.1, 0.15) is 6.10 Å². The highest BCUT2D eigenvalue weighted by molar-refractivity contribution is 5.32. The average Bonchev–Trinajstić information content (AvgIpc) is 2.73. The van der Waals surface area contributed by atoms with Crippen LogP contribution in [0.2, 0.25) is 0 Å². The first-order valence-corrected chi connectivity index (χ1v) is 8.39. The van der Waals surface area contributed by atoms with Crippen molar-refractivity contribution in [2.75, 3.05) is 13.1 Å². The molecule has 1 aromatic carbocycles. The van der Waals surface area contributed by atoms with Crippen LogP contribution in [-0.2, 0) is 20.1 Å². The summed E-state index contributed by atoms with van der Waals surface area (Å²) in [5.74, 6) is 0.944. The molecule has 1 fully saturated rings. The number of benzene rings is 1. The van der Waals surface area contributed by atoms with Crippen molar-refractivity contribution < 1.29 is 4.74 Å². The Bertz CT molecular complexity index is 682. The van der Waals surface area contributed by atoms with E-state index in [1.54, 1.807) is 0 Å². The predicted octanol–water partition coefficient (Wildman–Crippen LogP) is 1.85. The maximum atomic E-state index is 6.32. The highest BCUT2D eigenvalue weighted by Crippen LogP contribution is 2.28. The Morgan fingerprint density at radius 2 is 2.13 bits per heavy atom. The molecule has 0 unspecified atom stereocenters. The fourth-order valence-electron chi connectivity index (χ4n) is 3.73. The molecule has 5 nitrogen and oxygen atoms in total. The van der Waals surface area contributed by atoms with E-state index >= 15 is 0 Å². The van der Waals surface area contributed by atoms with Gasteiger partial charge in [0.25, 0.3) is 0 Å². The number of aryl methyl sites for hydroxylation is 2. The number of hydrogen-bond donors (Lipinski definition) is 1. The van der Waals surface area contributed by atoms with Crippen LogP contribution in [0.5, 0.6) is 5.88 Å². The molecule has 0 amide bonds. The number of fused-ring (bicyclic) bond motifs is 2. The van der Waals surface area contributed by atoms with Gasteiger partial charge in [-0.15, -0.1) is 0 Å². The molecule has 2 aromatic rings. The first-order chi connectivity index (χ1) is 11.2. The van der Waals surface area contributed by atoms with Crippen LogP contribution in [-0.4, -0.2) is 39.9 Å². The van der Waals surface area contributed by atoms with E-state index < -0.39 is 0 Å². The van der Waals surface area contributed by atoms with Gasteiger partial charge in [-0.2, -0.15) is 5.10 Å². The van der Waals surface area contributed by atoms with Gasteiger partial charge in [0.2, 0.25) is 5.88 Å². The molecule has 1 aromatic heterocycles.